The van der Waals surface area contributed by atoms with Crippen LogP contribution in [0.1, 0.15) is 204 Å². The van der Waals surface area contributed by atoms with Gasteiger partial charge in [0.05, 0.1) is 22.4 Å². The van der Waals surface area contributed by atoms with Crippen molar-refractivity contribution in [2.45, 2.75) is 249 Å². The first-order valence-electron chi connectivity index (χ1n) is 30.3. The van der Waals surface area contributed by atoms with Gasteiger partial charge in [0.25, 0.3) is 0 Å². The smallest absolute Gasteiger partial charge is 0.123 e. The molecule has 12 heterocycles. The SMILES string of the molecule is C[C@@]12CC[C@@](c3ccccc3)(O1)[C@@]1(CCCCO1)C2.C[C@@]12CC[C@@](c3ccccc3)(O1)[C@@]1(CCCCO1)C2.C[C@@]12CC[C@@](c3ccccc3)(O1)[C@@]1(CCCCO1)C2.C[C@]12CC[C@](c3ccccc3)(O1)[C@]1(CCCCO1)C2. The van der Waals surface area contributed by atoms with E-state index in [1.165, 1.54) is 73.6 Å². The van der Waals surface area contributed by atoms with Crippen LogP contribution in [-0.2, 0) is 60.3 Å². The highest BCUT2D eigenvalue weighted by Gasteiger charge is 2.73. The van der Waals surface area contributed by atoms with Gasteiger partial charge >= 0.3 is 0 Å². The van der Waals surface area contributed by atoms with E-state index >= 15 is 0 Å². The van der Waals surface area contributed by atoms with Crippen LogP contribution in [0.3, 0.4) is 0 Å². The molecule has 12 aliphatic rings. The molecule has 12 fully saturated rings. The van der Waals surface area contributed by atoms with E-state index in [1.807, 2.05) is 0 Å². The number of ether oxygens (including phenoxy) is 8. The van der Waals surface area contributed by atoms with E-state index < -0.39 is 0 Å². The van der Waals surface area contributed by atoms with Crippen LogP contribution in [0.25, 0.3) is 0 Å². The minimum atomic E-state index is -0.191. The number of rotatable bonds is 4. The molecular weight excluding hydrogens is 945 g/mol. The van der Waals surface area contributed by atoms with Crippen LogP contribution in [0.5, 0.6) is 0 Å². The molecule has 12 aliphatic heterocycles. The Hall–Kier alpha value is -3.44. The molecule has 0 N–H and O–H groups in total. The third-order valence-corrected chi connectivity index (χ3v) is 21.7. The maximum absolute atomic E-state index is 6.60. The number of hydrogen-bond acceptors (Lipinski definition) is 8. The summed E-state index contributed by atoms with van der Waals surface area (Å²) in [5, 5.41) is 0. The van der Waals surface area contributed by atoms with Crippen LogP contribution in [0.2, 0.25) is 0 Å². The molecule has 0 unspecified atom stereocenters. The fourth-order valence-corrected chi connectivity index (χ4v) is 18.6. The summed E-state index contributed by atoms with van der Waals surface area (Å²) in [5.41, 5.74) is 4.31. The minimum Gasteiger partial charge on any atom is -0.372 e. The van der Waals surface area contributed by atoms with Crippen molar-refractivity contribution in [3.8, 4) is 0 Å². The molecule has 0 saturated carbocycles. The largest absolute Gasteiger partial charge is 0.372 e. The molecule has 12 atom stereocenters. The molecular formula is C68H88O8. The van der Waals surface area contributed by atoms with Gasteiger partial charge in [-0.1, -0.05) is 121 Å². The molecule has 0 amide bonds. The summed E-state index contributed by atoms with van der Waals surface area (Å²) in [5.74, 6) is 0. The summed E-state index contributed by atoms with van der Waals surface area (Å²) in [4.78, 5) is 0. The third kappa shape index (κ3) is 8.16. The first-order valence-corrected chi connectivity index (χ1v) is 30.3. The van der Waals surface area contributed by atoms with Gasteiger partial charge in [-0.3, -0.25) is 0 Å². The molecule has 8 heteroatoms. The summed E-state index contributed by atoms with van der Waals surface area (Å²) < 4.78 is 51.8. The molecule has 0 radical (unpaired) electrons. The number of hydrogen-bond donors (Lipinski definition) is 0. The predicted octanol–water partition coefficient (Wildman–Crippen LogP) is 15.2. The molecule has 8 bridgehead atoms. The Balaban J connectivity index is 0.0000000970. The quantitative estimate of drug-likeness (QED) is 0.200. The molecule has 4 aromatic carbocycles. The second-order valence-corrected chi connectivity index (χ2v) is 26.9. The van der Waals surface area contributed by atoms with Gasteiger partial charge in [0.1, 0.15) is 44.8 Å². The Bertz CT molecular complexity index is 2280. The molecule has 408 valence electrons. The predicted molar refractivity (Wildman–Crippen MR) is 296 cm³/mol. The van der Waals surface area contributed by atoms with E-state index in [1.54, 1.807) is 0 Å². The third-order valence-electron chi connectivity index (χ3n) is 21.7. The molecule has 0 aliphatic carbocycles. The van der Waals surface area contributed by atoms with Crippen molar-refractivity contribution >= 4 is 0 Å². The van der Waals surface area contributed by atoms with Crippen molar-refractivity contribution in [3.05, 3.63) is 144 Å². The molecule has 76 heavy (non-hydrogen) atoms. The maximum Gasteiger partial charge on any atom is 0.123 e. The molecule has 4 spiro atoms. The monoisotopic (exact) mass is 1030 g/mol. The van der Waals surface area contributed by atoms with E-state index in [9.17, 15) is 0 Å². The van der Waals surface area contributed by atoms with E-state index in [-0.39, 0.29) is 67.2 Å². The van der Waals surface area contributed by atoms with Crippen molar-refractivity contribution in [1.29, 1.82) is 0 Å². The first kappa shape index (κ1) is 52.0. The van der Waals surface area contributed by atoms with Gasteiger partial charge in [-0.05, 0) is 178 Å². The fourth-order valence-electron chi connectivity index (χ4n) is 18.6. The van der Waals surface area contributed by atoms with Gasteiger partial charge < -0.3 is 37.9 Å². The number of fused-ring (bicyclic) bond motifs is 12. The van der Waals surface area contributed by atoms with Crippen molar-refractivity contribution in [3.63, 3.8) is 0 Å². The van der Waals surface area contributed by atoms with E-state index in [0.29, 0.717) is 0 Å². The Morgan fingerprint density at radius 1 is 0.250 bits per heavy atom. The van der Waals surface area contributed by atoms with Crippen molar-refractivity contribution < 1.29 is 37.9 Å². The van der Waals surface area contributed by atoms with Crippen molar-refractivity contribution in [2.75, 3.05) is 26.4 Å². The Labute approximate surface area is 455 Å². The average molecular weight is 1030 g/mol. The van der Waals surface area contributed by atoms with E-state index in [2.05, 4.69) is 149 Å². The van der Waals surface area contributed by atoms with Crippen LogP contribution in [0, 0.1) is 0 Å². The fraction of sp³-hybridized carbons (Fsp3) is 0.647. The zero-order valence-corrected chi connectivity index (χ0v) is 46.6. The molecule has 4 aromatic rings. The van der Waals surface area contributed by atoms with Gasteiger partial charge in [0, 0.05) is 52.1 Å². The van der Waals surface area contributed by atoms with Gasteiger partial charge in [-0.15, -0.1) is 0 Å². The summed E-state index contributed by atoms with van der Waals surface area (Å²) in [6, 6.07) is 43.1. The van der Waals surface area contributed by atoms with Crippen LogP contribution in [0.4, 0.5) is 0 Å². The minimum absolute atomic E-state index is 0.0210. The lowest BCUT2D eigenvalue weighted by Gasteiger charge is -2.47. The lowest BCUT2D eigenvalue weighted by molar-refractivity contribution is -0.175. The first-order chi connectivity index (χ1) is 36.7. The maximum atomic E-state index is 6.60. The highest BCUT2D eigenvalue weighted by molar-refractivity contribution is 5.37. The van der Waals surface area contributed by atoms with Gasteiger partial charge in [0.15, 0.2) is 0 Å². The summed E-state index contributed by atoms with van der Waals surface area (Å²) in [7, 11) is 0. The molecule has 16 rings (SSSR count). The van der Waals surface area contributed by atoms with E-state index in [0.717, 1.165) is 129 Å². The second-order valence-electron chi connectivity index (χ2n) is 26.9. The summed E-state index contributed by atoms with van der Waals surface area (Å²) in [6.45, 7) is 12.7. The topological polar surface area (TPSA) is 73.8 Å². The molecule has 8 nitrogen and oxygen atoms in total. The second kappa shape index (κ2) is 19.1. The Kier molecular flexibility index (Phi) is 13.1. The number of benzene rings is 4. The van der Waals surface area contributed by atoms with Gasteiger partial charge in [-0.25, -0.2) is 0 Å². The molecule has 12 saturated heterocycles. The van der Waals surface area contributed by atoms with Gasteiger partial charge in [-0.2, -0.15) is 0 Å². The van der Waals surface area contributed by atoms with Gasteiger partial charge in [0.2, 0.25) is 0 Å². The lowest BCUT2D eigenvalue weighted by Crippen LogP contribution is -2.52. The molecule has 0 aromatic heterocycles. The summed E-state index contributed by atoms with van der Waals surface area (Å²) >= 11 is 0. The Morgan fingerprint density at radius 2 is 0.461 bits per heavy atom. The van der Waals surface area contributed by atoms with Crippen LogP contribution in [-0.4, -0.2) is 71.2 Å². The van der Waals surface area contributed by atoms with Crippen LogP contribution in [0.15, 0.2) is 121 Å². The average Bonchev–Trinajstić information content (AvgIpc) is 4.45. The standard InChI is InChI=1S/4C17H22O2/c4*1-15-10-11-17(19-15,14-7-3-2-4-8-14)16(13-15)9-5-6-12-18-16/h4*2-4,7-8H,5-6,9-13H2,1H3/t4*15-,16+,17-/m1000/s1. The van der Waals surface area contributed by atoms with Crippen LogP contribution < -0.4 is 0 Å². The van der Waals surface area contributed by atoms with Crippen LogP contribution >= 0.6 is 0 Å². The van der Waals surface area contributed by atoms with Crippen molar-refractivity contribution in [2.24, 2.45) is 0 Å². The van der Waals surface area contributed by atoms with E-state index in [4.69, 9.17) is 37.9 Å². The summed E-state index contributed by atoms with van der Waals surface area (Å²) in [6.07, 6.45) is 27.8. The lowest BCUT2D eigenvalue weighted by atomic mass is 9.65. The highest BCUT2D eigenvalue weighted by Crippen LogP contribution is 2.68. The zero-order valence-electron chi connectivity index (χ0n) is 46.6. The van der Waals surface area contributed by atoms with Crippen molar-refractivity contribution in [1.82, 2.24) is 0 Å². The Morgan fingerprint density at radius 3 is 0.632 bits per heavy atom. The highest BCUT2D eigenvalue weighted by atomic mass is 16.6. The normalized spacial score (nSPS) is 44.9. The zero-order chi connectivity index (χ0) is 51.9.